The number of halogens is 1. The standard InChI is InChI=1S/C12H15NOSi.C7H6BrNO.C5H10Si/c1-10(14)11-5-6-12(13-9-11)7-8-15(2,3)4;1-5(10)6-2-3-7(8)9-4-6;1-5-6(2,3)4/h5-6,9H,1-4H3;2-4H,1H3;1H,2-4H3. The fraction of sp³-hybridized carbons (Fsp3) is 0.333. The number of aromatic nitrogens is 2. The van der Waals surface area contributed by atoms with Crippen LogP contribution in [0.15, 0.2) is 41.3 Å². The second-order valence-corrected chi connectivity index (χ2v) is 19.2. The molecule has 0 amide bonds. The highest BCUT2D eigenvalue weighted by Crippen LogP contribution is 2.06. The summed E-state index contributed by atoms with van der Waals surface area (Å²) in [5, 5.41) is 0. The summed E-state index contributed by atoms with van der Waals surface area (Å²) in [6.07, 6.45) is 8.25. The molecule has 0 saturated heterocycles. The molecule has 164 valence electrons. The number of nitrogens with zero attached hydrogens (tertiary/aromatic N) is 2. The number of terminal acetylenes is 1. The van der Waals surface area contributed by atoms with Crippen molar-refractivity contribution >= 4 is 43.6 Å². The van der Waals surface area contributed by atoms with Crippen LogP contribution in [0.3, 0.4) is 0 Å². The maximum atomic E-state index is 11.0. The van der Waals surface area contributed by atoms with Crippen molar-refractivity contribution in [2.75, 3.05) is 0 Å². The summed E-state index contributed by atoms with van der Waals surface area (Å²) in [5.74, 6) is 3.12. The lowest BCUT2D eigenvalue weighted by atomic mass is 10.2. The number of carbonyl (C=O) groups is 2. The largest absolute Gasteiger partial charge is 0.294 e. The van der Waals surface area contributed by atoms with E-state index in [0.717, 1.165) is 10.3 Å². The molecule has 2 aromatic rings. The first-order valence-electron chi connectivity index (χ1n) is 9.75. The van der Waals surface area contributed by atoms with Gasteiger partial charge in [-0.1, -0.05) is 45.2 Å². The molecule has 2 heterocycles. The van der Waals surface area contributed by atoms with E-state index in [1.807, 2.05) is 0 Å². The van der Waals surface area contributed by atoms with Gasteiger partial charge in [0.15, 0.2) is 11.6 Å². The van der Waals surface area contributed by atoms with Gasteiger partial charge in [-0.15, -0.1) is 17.5 Å². The minimum Gasteiger partial charge on any atom is -0.294 e. The monoisotopic (exact) mass is 514 g/mol. The first-order chi connectivity index (χ1) is 14.1. The molecule has 0 aliphatic heterocycles. The van der Waals surface area contributed by atoms with Crippen LogP contribution in [0.25, 0.3) is 0 Å². The molecule has 0 atom stereocenters. The van der Waals surface area contributed by atoms with Crippen molar-refractivity contribution in [2.24, 2.45) is 0 Å². The summed E-state index contributed by atoms with van der Waals surface area (Å²) in [6.45, 7) is 16.0. The van der Waals surface area contributed by atoms with Crippen LogP contribution in [0, 0.1) is 23.4 Å². The third kappa shape index (κ3) is 15.2. The van der Waals surface area contributed by atoms with Crippen molar-refractivity contribution in [2.45, 2.75) is 53.1 Å². The molecule has 2 aromatic heterocycles. The normalized spacial score (nSPS) is 10.1. The van der Waals surface area contributed by atoms with E-state index in [1.165, 1.54) is 13.8 Å². The van der Waals surface area contributed by atoms with Gasteiger partial charge in [-0.05, 0) is 54.0 Å². The van der Waals surface area contributed by atoms with Crippen molar-refractivity contribution < 1.29 is 9.59 Å². The second-order valence-electron chi connectivity index (χ2n) is 8.81. The molecular weight excluding hydrogens is 484 g/mol. The molecule has 0 N–H and O–H groups in total. The Kier molecular flexibility index (Phi) is 12.2. The molecule has 0 unspecified atom stereocenters. The van der Waals surface area contributed by atoms with Gasteiger partial charge in [0, 0.05) is 23.5 Å². The minimum atomic E-state index is -1.34. The van der Waals surface area contributed by atoms with Crippen LogP contribution in [0.4, 0.5) is 0 Å². The summed E-state index contributed by atoms with van der Waals surface area (Å²) in [6, 6.07) is 7.05. The van der Waals surface area contributed by atoms with Gasteiger partial charge in [0.1, 0.15) is 26.4 Å². The van der Waals surface area contributed by atoms with E-state index in [9.17, 15) is 9.59 Å². The van der Waals surface area contributed by atoms with E-state index in [2.05, 4.69) is 82.2 Å². The average molecular weight is 516 g/mol. The van der Waals surface area contributed by atoms with E-state index >= 15 is 0 Å². The number of carbonyl (C=O) groups excluding carboxylic acids is 2. The number of hydrogen-bond donors (Lipinski definition) is 0. The van der Waals surface area contributed by atoms with E-state index in [1.54, 1.807) is 36.7 Å². The first-order valence-corrected chi connectivity index (χ1v) is 17.5. The van der Waals surface area contributed by atoms with Crippen LogP contribution in [0.1, 0.15) is 40.3 Å². The molecule has 0 spiro atoms. The Morgan fingerprint density at radius 1 is 0.839 bits per heavy atom. The maximum Gasteiger partial charge on any atom is 0.161 e. The smallest absolute Gasteiger partial charge is 0.161 e. The Bertz CT molecular complexity index is 970. The Balaban J connectivity index is 0.000000484. The van der Waals surface area contributed by atoms with Crippen LogP contribution in [0.2, 0.25) is 39.3 Å². The topological polar surface area (TPSA) is 59.9 Å². The van der Waals surface area contributed by atoms with Gasteiger partial charge >= 0.3 is 0 Å². The van der Waals surface area contributed by atoms with Gasteiger partial charge in [-0.25, -0.2) is 9.97 Å². The van der Waals surface area contributed by atoms with Gasteiger partial charge in [0.25, 0.3) is 0 Å². The van der Waals surface area contributed by atoms with Gasteiger partial charge in [0.2, 0.25) is 0 Å². The van der Waals surface area contributed by atoms with Crippen molar-refractivity contribution in [3.63, 3.8) is 0 Å². The SMILES string of the molecule is C#C[Si](C)(C)C.CC(=O)c1ccc(Br)nc1.CC(=O)c1ccc(C#C[Si](C)(C)C)nc1. The summed E-state index contributed by atoms with van der Waals surface area (Å²) in [5.41, 5.74) is 7.98. The third-order valence-corrected chi connectivity index (χ3v) is 5.51. The minimum absolute atomic E-state index is 0.0344. The molecule has 31 heavy (non-hydrogen) atoms. The molecule has 2 rings (SSSR count). The fourth-order valence-electron chi connectivity index (χ4n) is 1.51. The highest BCUT2D eigenvalue weighted by Gasteiger charge is 2.07. The number of Topliss-reactive ketones (excluding diaryl/α,β-unsaturated/α-hetero) is 2. The van der Waals surface area contributed by atoms with Crippen LogP contribution in [-0.2, 0) is 0 Å². The van der Waals surface area contributed by atoms with Crippen LogP contribution in [-0.4, -0.2) is 37.7 Å². The molecule has 0 aliphatic rings. The van der Waals surface area contributed by atoms with Gasteiger partial charge in [0.05, 0.1) is 0 Å². The predicted octanol–water partition coefficient (Wildman–Crippen LogP) is 6.06. The maximum absolute atomic E-state index is 11.0. The third-order valence-electron chi connectivity index (χ3n) is 3.30. The molecule has 4 nitrogen and oxygen atoms in total. The Hall–Kier alpha value is -2.33. The van der Waals surface area contributed by atoms with Crippen LogP contribution < -0.4 is 0 Å². The average Bonchev–Trinajstić information content (AvgIpc) is 2.67. The molecular formula is C24H31BrN2O2Si2. The molecule has 0 saturated carbocycles. The Morgan fingerprint density at radius 2 is 1.29 bits per heavy atom. The molecule has 0 bridgehead atoms. The van der Waals surface area contributed by atoms with Crippen LogP contribution in [0.5, 0.6) is 0 Å². The molecule has 0 aromatic carbocycles. The van der Waals surface area contributed by atoms with Crippen LogP contribution >= 0.6 is 15.9 Å². The summed E-state index contributed by atoms with van der Waals surface area (Å²) < 4.78 is 0.748. The zero-order valence-corrected chi connectivity index (χ0v) is 23.2. The Morgan fingerprint density at radius 3 is 1.58 bits per heavy atom. The van der Waals surface area contributed by atoms with Gasteiger partial charge in [-0.2, -0.15) is 0 Å². The van der Waals surface area contributed by atoms with Crippen molar-refractivity contribution in [3.05, 3.63) is 58.1 Å². The highest BCUT2D eigenvalue weighted by atomic mass is 79.9. The van der Waals surface area contributed by atoms with E-state index in [-0.39, 0.29) is 11.6 Å². The number of pyridine rings is 2. The number of hydrogen-bond acceptors (Lipinski definition) is 4. The lowest BCUT2D eigenvalue weighted by Crippen LogP contribution is -2.16. The molecule has 0 radical (unpaired) electrons. The molecule has 0 fully saturated rings. The van der Waals surface area contributed by atoms with Crippen molar-refractivity contribution in [1.82, 2.24) is 9.97 Å². The lowest BCUT2D eigenvalue weighted by Gasteiger charge is -2.03. The second kappa shape index (κ2) is 13.2. The van der Waals surface area contributed by atoms with Gasteiger partial charge in [-0.3, -0.25) is 9.59 Å². The van der Waals surface area contributed by atoms with E-state index in [4.69, 9.17) is 6.42 Å². The highest BCUT2D eigenvalue weighted by molar-refractivity contribution is 9.10. The number of ketones is 2. The van der Waals surface area contributed by atoms with E-state index in [0.29, 0.717) is 11.1 Å². The zero-order valence-electron chi connectivity index (χ0n) is 19.6. The van der Waals surface area contributed by atoms with Crippen molar-refractivity contribution in [1.29, 1.82) is 0 Å². The zero-order chi connectivity index (χ0) is 24.2. The summed E-state index contributed by atoms with van der Waals surface area (Å²) in [7, 11) is -2.45. The van der Waals surface area contributed by atoms with E-state index < -0.39 is 16.1 Å². The lowest BCUT2D eigenvalue weighted by molar-refractivity contribution is 0.100. The quantitative estimate of drug-likeness (QED) is 0.211. The molecule has 7 heteroatoms. The summed E-state index contributed by atoms with van der Waals surface area (Å²) in [4.78, 5) is 29.7. The first kappa shape index (κ1) is 28.7. The summed E-state index contributed by atoms with van der Waals surface area (Å²) >= 11 is 3.17. The van der Waals surface area contributed by atoms with Gasteiger partial charge < -0.3 is 0 Å². The number of rotatable bonds is 2. The fourth-order valence-corrected chi connectivity index (χ4v) is 2.25. The molecule has 0 aliphatic carbocycles. The van der Waals surface area contributed by atoms with Crippen molar-refractivity contribution in [3.8, 4) is 23.4 Å². The Labute approximate surface area is 197 Å². The predicted molar refractivity (Wildman–Crippen MR) is 139 cm³/mol.